The van der Waals surface area contributed by atoms with Crippen LogP contribution in [-0.4, -0.2) is 37.9 Å². The summed E-state index contributed by atoms with van der Waals surface area (Å²) in [6.07, 6.45) is 5.49. The molecule has 1 saturated heterocycles. The Morgan fingerprint density at radius 3 is 2.92 bits per heavy atom. The van der Waals surface area contributed by atoms with Crippen LogP contribution in [0.5, 0.6) is 0 Å². The van der Waals surface area contributed by atoms with E-state index >= 15 is 0 Å². The van der Waals surface area contributed by atoms with Crippen molar-refractivity contribution in [2.75, 3.05) is 13.1 Å². The van der Waals surface area contributed by atoms with Crippen LogP contribution in [0, 0.1) is 5.92 Å². The topological polar surface area (TPSA) is 60.0 Å². The van der Waals surface area contributed by atoms with E-state index in [0.29, 0.717) is 11.7 Å². The van der Waals surface area contributed by atoms with E-state index in [4.69, 9.17) is 9.51 Å². The van der Waals surface area contributed by atoms with Gasteiger partial charge in [0.25, 0.3) is 0 Å². The van der Waals surface area contributed by atoms with Crippen molar-refractivity contribution in [1.82, 2.24) is 24.8 Å². The van der Waals surface area contributed by atoms with E-state index < -0.39 is 0 Å². The van der Waals surface area contributed by atoms with Gasteiger partial charge in [-0.05, 0) is 24.8 Å². The molecule has 6 nitrogen and oxygen atoms in total. The Labute approximate surface area is 152 Å². The van der Waals surface area contributed by atoms with Gasteiger partial charge in [0, 0.05) is 38.4 Å². The summed E-state index contributed by atoms with van der Waals surface area (Å²) in [7, 11) is 2.01. The van der Waals surface area contributed by atoms with Gasteiger partial charge in [0.2, 0.25) is 11.7 Å². The molecule has 0 amide bonds. The SMILES string of the molecule is Cn1nccc1CN1C[C@H]2CCC[C@@]2(c2nc(-c3ccccc3)no2)C1. The van der Waals surface area contributed by atoms with Gasteiger partial charge in [-0.25, -0.2) is 0 Å². The van der Waals surface area contributed by atoms with Crippen molar-refractivity contribution in [3.05, 3.63) is 54.2 Å². The van der Waals surface area contributed by atoms with Gasteiger partial charge in [-0.2, -0.15) is 10.1 Å². The first kappa shape index (κ1) is 15.8. The average Bonchev–Trinajstić information content (AvgIpc) is 3.40. The fraction of sp³-hybridized carbons (Fsp3) is 0.450. The van der Waals surface area contributed by atoms with Crippen molar-refractivity contribution in [3.8, 4) is 11.4 Å². The zero-order valence-electron chi connectivity index (χ0n) is 15.0. The number of fused-ring (bicyclic) bond motifs is 1. The lowest BCUT2D eigenvalue weighted by molar-refractivity contribution is 0.243. The third-order valence-corrected chi connectivity index (χ3v) is 6.13. The second-order valence-electron chi connectivity index (χ2n) is 7.65. The summed E-state index contributed by atoms with van der Waals surface area (Å²) in [6, 6.07) is 12.2. The molecule has 2 aliphatic rings. The lowest BCUT2D eigenvalue weighted by Crippen LogP contribution is -2.32. The van der Waals surface area contributed by atoms with E-state index in [1.807, 2.05) is 48.3 Å². The molecule has 1 aliphatic heterocycles. The molecule has 0 radical (unpaired) electrons. The molecule has 1 saturated carbocycles. The molecule has 1 aliphatic carbocycles. The summed E-state index contributed by atoms with van der Waals surface area (Å²) < 4.78 is 7.77. The molecular weight excluding hydrogens is 326 g/mol. The minimum atomic E-state index is 0.0125. The number of aromatic nitrogens is 4. The Morgan fingerprint density at radius 2 is 2.12 bits per heavy atom. The van der Waals surface area contributed by atoms with Gasteiger partial charge < -0.3 is 4.52 Å². The first-order chi connectivity index (χ1) is 12.7. The highest BCUT2D eigenvalue weighted by molar-refractivity contribution is 5.53. The number of nitrogens with zero attached hydrogens (tertiary/aromatic N) is 5. The first-order valence-corrected chi connectivity index (χ1v) is 9.33. The highest BCUT2D eigenvalue weighted by Crippen LogP contribution is 2.50. The van der Waals surface area contributed by atoms with Crippen molar-refractivity contribution in [1.29, 1.82) is 0 Å². The van der Waals surface area contributed by atoms with Gasteiger partial charge in [-0.15, -0.1) is 0 Å². The van der Waals surface area contributed by atoms with E-state index in [2.05, 4.69) is 21.2 Å². The van der Waals surface area contributed by atoms with Gasteiger partial charge in [0.1, 0.15) is 0 Å². The Bertz CT molecular complexity index is 902. The smallest absolute Gasteiger partial charge is 0.234 e. The van der Waals surface area contributed by atoms with Crippen LogP contribution in [0.1, 0.15) is 30.8 Å². The summed E-state index contributed by atoms with van der Waals surface area (Å²) in [5.74, 6) is 2.12. The number of likely N-dealkylation sites (tertiary alicyclic amines) is 1. The minimum absolute atomic E-state index is 0.0125. The van der Waals surface area contributed by atoms with Crippen molar-refractivity contribution >= 4 is 0 Å². The predicted octanol–water partition coefficient (Wildman–Crippen LogP) is 3.02. The average molecular weight is 349 g/mol. The molecule has 5 rings (SSSR count). The summed E-state index contributed by atoms with van der Waals surface area (Å²) in [5.41, 5.74) is 2.27. The summed E-state index contributed by atoms with van der Waals surface area (Å²) >= 11 is 0. The molecule has 0 spiro atoms. The van der Waals surface area contributed by atoms with E-state index in [0.717, 1.165) is 37.5 Å². The predicted molar refractivity (Wildman–Crippen MR) is 97.2 cm³/mol. The van der Waals surface area contributed by atoms with E-state index in [-0.39, 0.29) is 5.41 Å². The molecule has 134 valence electrons. The van der Waals surface area contributed by atoms with Crippen molar-refractivity contribution in [2.24, 2.45) is 13.0 Å². The maximum atomic E-state index is 5.81. The second-order valence-corrected chi connectivity index (χ2v) is 7.65. The minimum Gasteiger partial charge on any atom is -0.338 e. The maximum absolute atomic E-state index is 5.81. The van der Waals surface area contributed by atoms with Gasteiger partial charge in [-0.1, -0.05) is 41.9 Å². The molecule has 2 atom stereocenters. The Balaban J connectivity index is 1.42. The molecule has 26 heavy (non-hydrogen) atoms. The largest absolute Gasteiger partial charge is 0.338 e. The van der Waals surface area contributed by atoms with Gasteiger partial charge in [0.05, 0.1) is 11.1 Å². The normalized spacial score (nSPS) is 25.7. The Hall–Kier alpha value is -2.47. The lowest BCUT2D eigenvalue weighted by atomic mass is 9.80. The van der Waals surface area contributed by atoms with Crippen LogP contribution in [0.15, 0.2) is 47.1 Å². The van der Waals surface area contributed by atoms with Crippen LogP contribution in [0.4, 0.5) is 0 Å². The van der Waals surface area contributed by atoms with Crippen LogP contribution in [0.25, 0.3) is 11.4 Å². The zero-order chi connectivity index (χ0) is 17.6. The molecule has 1 aromatic carbocycles. The second kappa shape index (κ2) is 6.06. The highest BCUT2D eigenvalue weighted by atomic mass is 16.5. The number of hydrogen-bond donors (Lipinski definition) is 0. The van der Waals surface area contributed by atoms with E-state index in [9.17, 15) is 0 Å². The lowest BCUT2D eigenvalue weighted by Gasteiger charge is -2.24. The number of aryl methyl sites for hydroxylation is 1. The quantitative estimate of drug-likeness (QED) is 0.725. The molecule has 0 unspecified atom stereocenters. The fourth-order valence-corrected chi connectivity index (χ4v) is 4.78. The highest BCUT2D eigenvalue weighted by Gasteiger charge is 2.54. The maximum Gasteiger partial charge on any atom is 0.234 e. The number of benzene rings is 1. The molecule has 6 heteroatoms. The van der Waals surface area contributed by atoms with Crippen LogP contribution >= 0.6 is 0 Å². The molecule has 0 bridgehead atoms. The number of rotatable bonds is 4. The van der Waals surface area contributed by atoms with Gasteiger partial charge in [0.15, 0.2) is 0 Å². The third-order valence-electron chi connectivity index (χ3n) is 6.13. The Morgan fingerprint density at radius 1 is 1.23 bits per heavy atom. The Kier molecular flexibility index (Phi) is 3.67. The standard InChI is InChI=1S/C20H23N5O/c1-24-17(9-11-21-24)13-25-12-16-8-5-10-20(16,14-25)19-22-18(23-26-19)15-6-3-2-4-7-15/h2-4,6-7,9,11,16H,5,8,10,12-14H2,1H3/t16-,20-/m1/s1. The van der Waals surface area contributed by atoms with Crippen LogP contribution in [-0.2, 0) is 19.0 Å². The van der Waals surface area contributed by atoms with Gasteiger partial charge in [-0.3, -0.25) is 9.58 Å². The van der Waals surface area contributed by atoms with Crippen molar-refractivity contribution < 1.29 is 4.52 Å². The first-order valence-electron chi connectivity index (χ1n) is 9.33. The third kappa shape index (κ3) is 2.48. The zero-order valence-corrected chi connectivity index (χ0v) is 15.0. The summed E-state index contributed by atoms with van der Waals surface area (Å²) in [4.78, 5) is 7.34. The number of hydrogen-bond acceptors (Lipinski definition) is 5. The fourth-order valence-electron chi connectivity index (χ4n) is 4.78. The van der Waals surface area contributed by atoms with Crippen LogP contribution < -0.4 is 0 Å². The molecular formula is C20H23N5O. The van der Waals surface area contributed by atoms with Crippen LogP contribution in [0.2, 0.25) is 0 Å². The van der Waals surface area contributed by atoms with E-state index in [1.165, 1.54) is 18.5 Å². The molecule has 3 heterocycles. The molecule has 2 fully saturated rings. The monoisotopic (exact) mass is 349 g/mol. The summed E-state index contributed by atoms with van der Waals surface area (Å²) in [5, 5.41) is 8.57. The molecule has 2 aromatic heterocycles. The molecule has 3 aromatic rings. The summed E-state index contributed by atoms with van der Waals surface area (Å²) in [6.45, 7) is 3.00. The van der Waals surface area contributed by atoms with Crippen LogP contribution in [0.3, 0.4) is 0 Å². The van der Waals surface area contributed by atoms with Gasteiger partial charge >= 0.3 is 0 Å². The van der Waals surface area contributed by atoms with Crippen molar-refractivity contribution in [2.45, 2.75) is 31.2 Å². The van der Waals surface area contributed by atoms with E-state index in [1.54, 1.807) is 0 Å². The molecule has 0 N–H and O–H groups in total. The van der Waals surface area contributed by atoms with Crippen molar-refractivity contribution in [3.63, 3.8) is 0 Å².